The third-order valence-electron chi connectivity index (χ3n) is 5.05. The van der Waals surface area contributed by atoms with Gasteiger partial charge in [-0.05, 0) is 31.2 Å². The number of nitrogen functional groups attached to an aromatic ring is 1. The topological polar surface area (TPSA) is 82.1 Å². The Bertz CT molecular complexity index is 963. The van der Waals surface area contributed by atoms with E-state index in [0.717, 1.165) is 66.0 Å². The number of nitrogens with zero attached hydrogens (tertiary/aromatic N) is 5. The zero-order chi connectivity index (χ0) is 19.0. The number of hydrogen-bond acceptors (Lipinski definition) is 6. The van der Waals surface area contributed by atoms with E-state index in [2.05, 4.69) is 15.0 Å². The molecule has 0 unspecified atom stereocenters. The van der Waals surface area contributed by atoms with Gasteiger partial charge in [0.15, 0.2) is 5.82 Å². The molecule has 27 heavy (non-hydrogen) atoms. The molecular weight excluding hydrogens is 340 g/mol. The lowest BCUT2D eigenvalue weighted by atomic mass is 10.1. The predicted octanol–water partition coefficient (Wildman–Crippen LogP) is 2.33. The van der Waals surface area contributed by atoms with Crippen molar-refractivity contribution in [2.45, 2.75) is 26.4 Å². The van der Waals surface area contributed by atoms with Crippen LogP contribution in [0.1, 0.15) is 22.5 Å². The Morgan fingerprint density at radius 2 is 2.00 bits per heavy atom. The van der Waals surface area contributed by atoms with Crippen LogP contribution in [-0.2, 0) is 26.6 Å². The summed E-state index contributed by atoms with van der Waals surface area (Å²) in [6.45, 7) is 4.61. The predicted molar refractivity (Wildman–Crippen MR) is 104 cm³/mol. The van der Waals surface area contributed by atoms with Crippen LogP contribution in [0.25, 0.3) is 11.4 Å². The average Bonchev–Trinajstić information content (AvgIpc) is 2.94. The number of anilines is 1. The Morgan fingerprint density at radius 1 is 1.22 bits per heavy atom. The van der Waals surface area contributed by atoms with E-state index in [1.165, 1.54) is 5.56 Å². The summed E-state index contributed by atoms with van der Waals surface area (Å²) in [5.41, 5.74) is 12.0. The van der Waals surface area contributed by atoms with Gasteiger partial charge in [0.05, 0.1) is 24.1 Å². The fourth-order valence-electron chi connectivity index (χ4n) is 3.62. The molecule has 0 aliphatic carbocycles. The largest absolute Gasteiger partial charge is 0.481 e. The van der Waals surface area contributed by atoms with Gasteiger partial charge in [-0.3, -0.25) is 4.90 Å². The molecule has 0 saturated carbocycles. The molecule has 2 aromatic heterocycles. The van der Waals surface area contributed by atoms with Crippen LogP contribution in [0.5, 0.6) is 5.88 Å². The standard InChI is InChI=1S/C20H24N6O/c1-13-17(20(27-3)25(2)24-13)12-26-9-8-18-15(11-26)10-22-19(23-18)14-4-6-16(21)7-5-14/h4-7,10H,8-9,11-12,21H2,1-3H3. The van der Waals surface area contributed by atoms with E-state index in [9.17, 15) is 0 Å². The Balaban J connectivity index is 1.53. The van der Waals surface area contributed by atoms with Crippen LogP contribution in [0.3, 0.4) is 0 Å². The first-order valence-corrected chi connectivity index (χ1v) is 9.04. The summed E-state index contributed by atoms with van der Waals surface area (Å²) in [5, 5.41) is 4.47. The minimum Gasteiger partial charge on any atom is -0.481 e. The number of methoxy groups -OCH3 is 1. The highest BCUT2D eigenvalue weighted by atomic mass is 16.5. The minimum atomic E-state index is 0.744. The van der Waals surface area contributed by atoms with Crippen molar-refractivity contribution in [1.29, 1.82) is 0 Å². The van der Waals surface area contributed by atoms with Crippen molar-refractivity contribution in [3.8, 4) is 17.3 Å². The average molecular weight is 364 g/mol. The van der Waals surface area contributed by atoms with Gasteiger partial charge in [-0.15, -0.1) is 0 Å². The molecule has 7 heteroatoms. The lowest BCUT2D eigenvalue weighted by molar-refractivity contribution is 0.238. The molecule has 1 aliphatic heterocycles. The van der Waals surface area contributed by atoms with Crippen molar-refractivity contribution >= 4 is 5.69 Å². The highest BCUT2D eigenvalue weighted by Gasteiger charge is 2.22. The Labute approximate surface area is 158 Å². The lowest BCUT2D eigenvalue weighted by Gasteiger charge is -2.28. The number of benzene rings is 1. The summed E-state index contributed by atoms with van der Waals surface area (Å²) in [6, 6.07) is 7.68. The van der Waals surface area contributed by atoms with Gasteiger partial charge in [-0.1, -0.05) is 0 Å². The second-order valence-electron chi connectivity index (χ2n) is 6.95. The van der Waals surface area contributed by atoms with Crippen molar-refractivity contribution in [2.24, 2.45) is 7.05 Å². The van der Waals surface area contributed by atoms with Crippen LogP contribution in [0.15, 0.2) is 30.5 Å². The number of fused-ring (bicyclic) bond motifs is 1. The van der Waals surface area contributed by atoms with Gasteiger partial charge in [-0.2, -0.15) is 5.10 Å². The van der Waals surface area contributed by atoms with Gasteiger partial charge >= 0.3 is 0 Å². The van der Waals surface area contributed by atoms with Crippen molar-refractivity contribution < 1.29 is 4.74 Å². The SMILES string of the molecule is COc1c(CN2CCc3nc(-c4ccc(N)cc4)ncc3C2)c(C)nn1C. The summed E-state index contributed by atoms with van der Waals surface area (Å²) in [6.07, 6.45) is 2.86. The summed E-state index contributed by atoms with van der Waals surface area (Å²) < 4.78 is 7.32. The third kappa shape index (κ3) is 3.38. The number of rotatable bonds is 4. The van der Waals surface area contributed by atoms with Crippen LogP contribution in [0, 0.1) is 6.92 Å². The molecule has 3 heterocycles. The summed E-state index contributed by atoms with van der Waals surface area (Å²) in [7, 11) is 3.60. The fraction of sp³-hybridized carbons (Fsp3) is 0.350. The highest BCUT2D eigenvalue weighted by Crippen LogP contribution is 2.26. The molecule has 1 aromatic carbocycles. The van der Waals surface area contributed by atoms with E-state index >= 15 is 0 Å². The third-order valence-corrected chi connectivity index (χ3v) is 5.05. The first-order chi connectivity index (χ1) is 13.0. The van der Waals surface area contributed by atoms with Gasteiger partial charge in [0.25, 0.3) is 0 Å². The zero-order valence-corrected chi connectivity index (χ0v) is 15.9. The molecule has 0 fully saturated rings. The summed E-state index contributed by atoms with van der Waals surface area (Å²) >= 11 is 0. The quantitative estimate of drug-likeness (QED) is 0.716. The molecule has 0 bridgehead atoms. The molecule has 140 valence electrons. The maximum absolute atomic E-state index is 5.77. The van der Waals surface area contributed by atoms with Crippen molar-refractivity contribution in [1.82, 2.24) is 24.6 Å². The van der Waals surface area contributed by atoms with E-state index in [0.29, 0.717) is 0 Å². The van der Waals surface area contributed by atoms with Crippen LogP contribution < -0.4 is 10.5 Å². The number of hydrogen-bond donors (Lipinski definition) is 1. The minimum absolute atomic E-state index is 0.744. The molecular formula is C20H24N6O. The monoisotopic (exact) mass is 364 g/mol. The lowest BCUT2D eigenvalue weighted by Crippen LogP contribution is -2.31. The Morgan fingerprint density at radius 3 is 2.74 bits per heavy atom. The van der Waals surface area contributed by atoms with Gasteiger partial charge < -0.3 is 10.5 Å². The number of ether oxygens (including phenoxy) is 1. The van der Waals surface area contributed by atoms with E-state index in [1.54, 1.807) is 11.8 Å². The van der Waals surface area contributed by atoms with Crippen LogP contribution in [0.2, 0.25) is 0 Å². The summed E-state index contributed by atoms with van der Waals surface area (Å²) in [4.78, 5) is 11.7. The van der Waals surface area contributed by atoms with E-state index < -0.39 is 0 Å². The molecule has 3 aromatic rings. The van der Waals surface area contributed by atoms with Gasteiger partial charge in [-0.25, -0.2) is 14.6 Å². The Kier molecular flexibility index (Phi) is 4.53. The van der Waals surface area contributed by atoms with Gasteiger partial charge in [0.2, 0.25) is 5.88 Å². The number of nitrogens with two attached hydrogens (primary N) is 1. The van der Waals surface area contributed by atoms with Gasteiger partial charge in [0, 0.05) is 56.1 Å². The normalized spacial score (nSPS) is 14.2. The molecule has 0 radical (unpaired) electrons. The van der Waals surface area contributed by atoms with Crippen molar-refractivity contribution in [3.05, 3.63) is 53.0 Å². The van der Waals surface area contributed by atoms with E-state index in [1.807, 2.05) is 44.4 Å². The number of aromatic nitrogens is 4. The number of aryl methyl sites for hydroxylation is 2. The van der Waals surface area contributed by atoms with Crippen molar-refractivity contribution in [3.63, 3.8) is 0 Å². The second kappa shape index (κ2) is 7.00. The maximum Gasteiger partial charge on any atom is 0.216 e. The maximum atomic E-state index is 5.77. The Hall–Kier alpha value is -2.93. The molecule has 2 N–H and O–H groups in total. The van der Waals surface area contributed by atoms with Crippen molar-refractivity contribution in [2.75, 3.05) is 19.4 Å². The van der Waals surface area contributed by atoms with Crippen LogP contribution in [-0.4, -0.2) is 38.3 Å². The highest BCUT2D eigenvalue weighted by molar-refractivity contribution is 5.58. The zero-order valence-electron chi connectivity index (χ0n) is 15.9. The molecule has 0 spiro atoms. The van der Waals surface area contributed by atoms with E-state index in [-0.39, 0.29) is 0 Å². The second-order valence-corrected chi connectivity index (χ2v) is 6.95. The molecule has 4 rings (SSSR count). The van der Waals surface area contributed by atoms with Crippen LogP contribution >= 0.6 is 0 Å². The first kappa shape index (κ1) is 17.5. The fourth-order valence-corrected chi connectivity index (χ4v) is 3.62. The van der Waals surface area contributed by atoms with Gasteiger partial charge in [0.1, 0.15) is 0 Å². The molecule has 0 atom stereocenters. The molecule has 0 saturated heterocycles. The summed E-state index contributed by atoms with van der Waals surface area (Å²) in [5.74, 6) is 1.58. The first-order valence-electron chi connectivity index (χ1n) is 9.04. The molecule has 1 aliphatic rings. The van der Waals surface area contributed by atoms with Crippen LogP contribution in [0.4, 0.5) is 5.69 Å². The molecule has 0 amide bonds. The smallest absolute Gasteiger partial charge is 0.216 e. The van der Waals surface area contributed by atoms with E-state index in [4.69, 9.17) is 15.5 Å². The molecule has 7 nitrogen and oxygen atoms in total.